The van der Waals surface area contributed by atoms with Crippen LogP contribution in [0.1, 0.15) is 30.6 Å². The molecule has 0 fully saturated rings. The molecular formula is C15H16F2N2. The maximum absolute atomic E-state index is 13.1. The van der Waals surface area contributed by atoms with E-state index in [0.29, 0.717) is 0 Å². The van der Waals surface area contributed by atoms with E-state index in [-0.39, 0.29) is 17.7 Å². The minimum absolute atomic E-state index is 0.0234. The molecule has 1 atom stereocenters. The van der Waals surface area contributed by atoms with E-state index in [0.717, 1.165) is 23.4 Å². The summed E-state index contributed by atoms with van der Waals surface area (Å²) in [6.45, 7) is 3.86. The van der Waals surface area contributed by atoms with Crippen molar-refractivity contribution in [2.24, 2.45) is 0 Å². The minimum Gasteiger partial charge on any atom is -0.376 e. The third-order valence-electron chi connectivity index (χ3n) is 3.03. The van der Waals surface area contributed by atoms with Crippen molar-refractivity contribution in [1.29, 1.82) is 0 Å². The summed E-state index contributed by atoms with van der Waals surface area (Å²) in [6.07, 6.45) is 2.01. The predicted molar refractivity (Wildman–Crippen MR) is 72.0 cm³/mol. The Hall–Kier alpha value is -1.97. The molecule has 0 spiro atoms. The molecule has 0 radical (unpaired) electrons. The predicted octanol–water partition coefficient (Wildman–Crippen LogP) is 4.23. The Labute approximate surface area is 111 Å². The van der Waals surface area contributed by atoms with Crippen molar-refractivity contribution in [3.05, 3.63) is 59.4 Å². The van der Waals surface area contributed by atoms with Crippen LogP contribution >= 0.6 is 0 Å². The molecule has 2 rings (SSSR count). The standard InChI is InChI=1S/C15H16F2N2/c1-3-13(15-7-5-12(17)9-18-15)19-14-6-4-11(16)8-10(14)2/h4-9,13,19H,3H2,1-2H3. The first kappa shape index (κ1) is 13.5. The van der Waals surface area contributed by atoms with E-state index >= 15 is 0 Å². The average molecular weight is 262 g/mol. The topological polar surface area (TPSA) is 24.9 Å². The van der Waals surface area contributed by atoms with Crippen molar-refractivity contribution >= 4 is 5.69 Å². The van der Waals surface area contributed by atoms with E-state index < -0.39 is 0 Å². The number of aryl methyl sites for hydroxylation is 1. The third-order valence-corrected chi connectivity index (χ3v) is 3.03. The molecule has 1 aromatic heterocycles. The fourth-order valence-corrected chi connectivity index (χ4v) is 1.96. The molecule has 0 amide bonds. The third kappa shape index (κ3) is 3.28. The first-order valence-corrected chi connectivity index (χ1v) is 6.24. The highest BCUT2D eigenvalue weighted by Gasteiger charge is 2.12. The van der Waals surface area contributed by atoms with Crippen LogP contribution in [-0.2, 0) is 0 Å². The van der Waals surface area contributed by atoms with Gasteiger partial charge in [0.15, 0.2) is 0 Å². The number of pyridine rings is 1. The molecule has 0 aliphatic rings. The fourth-order valence-electron chi connectivity index (χ4n) is 1.96. The lowest BCUT2D eigenvalue weighted by atomic mass is 10.1. The van der Waals surface area contributed by atoms with Crippen LogP contribution in [0.4, 0.5) is 14.5 Å². The number of hydrogen-bond donors (Lipinski definition) is 1. The number of aromatic nitrogens is 1. The van der Waals surface area contributed by atoms with Crippen LogP contribution in [0.15, 0.2) is 36.5 Å². The molecular weight excluding hydrogens is 246 g/mol. The average Bonchev–Trinajstić information content (AvgIpc) is 2.39. The molecule has 1 heterocycles. The maximum Gasteiger partial charge on any atom is 0.141 e. The molecule has 1 N–H and O–H groups in total. The van der Waals surface area contributed by atoms with E-state index in [1.54, 1.807) is 12.1 Å². The summed E-state index contributed by atoms with van der Waals surface area (Å²) in [5, 5.41) is 3.31. The molecule has 1 unspecified atom stereocenters. The summed E-state index contributed by atoms with van der Waals surface area (Å²) in [5.41, 5.74) is 2.47. The van der Waals surface area contributed by atoms with Crippen LogP contribution in [0.25, 0.3) is 0 Å². The zero-order valence-corrected chi connectivity index (χ0v) is 11.0. The van der Waals surface area contributed by atoms with E-state index in [9.17, 15) is 8.78 Å². The van der Waals surface area contributed by atoms with Gasteiger partial charge >= 0.3 is 0 Å². The molecule has 0 saturated heterocycles. The van der Waals surface area contributed by atoms with Crippen LogP contribution in [0.3, 0.4) is 0 Å². The minimum atomic E-state index is -0.350. The molecule has 0 aliphatic carbocycles. The summed E-state index contributed by atoms with van der Waals surface area (Å²) in [7, 11) is 0. The van der Waals surface area contributed by atoms with Gasteiger partial charge in [-0.1, -0.05) is 6.92 Å². The van der Waals surface area contributed by atoms with Crippen LogP contribution in [0.5, 0.6) is 0 Å². The van der Waals surface area contributed by atoms with Gasteiger partial charge in [0, 0.05) is 5.69 Å². The van der Waals surface area contributed by atoms with Crippen molar-refractivity contribution in [3.63, 3.8) is 0 Å². The zero-order chi connectivity index (χ0) is 13.8. The van der Waals surface area contributed by atoms with Gasteiger partial charge in [0.1, 0.15) is 11.6 Å². The molecule has 100 valence electrons. The molecule has 0 saturated carbocycles. The largest absolute Gasteiger partial charge is 0.376 e. The van der Waals surface area contributed by atoms with Crippen LogP contribution in [0.2, 0.25) is 0 Å². The summed E-state index contributed by atoms with van der Waals surface area (Å²) < 4.78 is 25.9. The highest BCUT2D eigenvalue weighted by molar-refractivity contribution is 5.51. The fraction of sp³-hybridized carbons (Fsp3) is 0.267. The van der Waals surface area contributed by atoms with E-state index in [1.807, 2.05) is 13.8 Å². The van der Waals surface area contributed by atoms with Gasteiger partial charge in [0.25, 0.3) is 0 Å². The van der Waals surface area contributed by atoms with Crippen LogP contribution in [0, 0.1) is 18.6 Å². The van der Waals surface area contributed by atoms with E-state index in [2.05, 4.69) is 10.3 Å². The first-order chi connectivity index (χ1) is 9.10. The summed E-state index contributed by atoms with van der Waals surface area (Å²) in [4.78, 5) is 4.08. The zero-order valence-electron chi connectivity index (χ0n) is 11.0. The van der Waals surface area contributed by atoms with Crippen molar-refractivity contribution in [3.8, 4) is 0 Å². The van der Waals surface area contributed by atoms with Crippen molar-refractivity contribution < 1.29 is 8.78 Å². The van der Waals surface area contributed by atoms with Crippen LogP contribution in [-0.4, -0.2) is 4.98 Å². The number of anilines is 1. The number of halogens is 2. The monoisotopic (exact) mass is 262 g/mol. The molecule has 2 aromatic rings. The van der Waals surface area contributed by atoms with Crippen LogP contribution < -0.4 is 5.32 Å². The van der Waals surface area contributed by atoms with Gasteiger partial charge in [-0.15, -0.1) is 0 Å². The Balaban J connectivity index is 2.21. The Morgan fingerprint density at radius 1 is 1.16 bits per heavy atom. The van der Waals surface area contributed by atoms with Gasteiger partial charge in [0.05, 0.1) is 17.9 Å². The Kier molecular flexibility index (Phi) is 4.10. The number of nitrogens with zero attached hydrogens (tertiary/aromatic N) is 1. The second kappa shape index (κ2) is 5.78. The molecule has 0 aliphatic heterocycles. The van der Waals surface area contributed by atoms with Gasteiger partial charge in [-0.2, -0.15) is 0 Å². The molecule has 2 nitrogen and oxygen atoms in total. The quantitative estimate of drug-likeness (QED) is 0.891. The molecule has 4 heteroatoms. The lowest BCUT2D eigenvalue weighted by molar-refractivity contribution is 0.614. The van der Waals surface area contributed by atoms with E-state index in [4.69, 9.17) is 0 Å². The molecule has 0 bridgehead atoms. The van der Waals surface area contributed by atoms with Gasteiger partial charge in [0.2, 0.25) is 0 Å². The molecule has 19 heavy (non-hydrogen) atoms. The highest BCUT2D eigenvalue weighted by Crippen LogP contribution is 2.24. The van der Waals surface area contributed by atoms with Crippen molar-refractivity contribution in [2.45, 2.75) is 26.3 Å². The number of benzene rings is 1. The van der Waals surface area contributed by atoms with E-state index in [1.165, 1.54) is 24.4 Å². The SMILES string of the molecule is CCC(Nc1ccc(F)cc1C)c1ccc(F)cn1. The molecule has 1 aromatic carbocycles. The Bertz CT molecular complexity index is 553. The van der Waals surface area contributed by atoms with Gasteiger partial charge < -0.3 is 5.32 Å². The normalized spacial score (nSPS) is 12.2. The number of hydrogen-bond acceptors (Lipinski definition) is 2. The summed E-state index contributed by atoms with van der Waals surface area (Å²) in [5.74, 6) is -0.604. The number of nitrogens with one attached hydrogen (secondary N) is 1. The second-order valence-electron chi connectivity index (χ2n) is 4.47. The number of rotatable bonds is 4. The Morgan fingerprint density at radius 3 is 2.47 bits per heavy atom. The van der Waals surface area contributed by atoms with Gasteiger partial charge in [-0.25, -0.2) is 8.78 Å². The van der Waals surface area contributed by atoms with Gasteiger partial charge in [-0.05, 0) is 49.2 Å². The van der Waals surface area contributed by atoms with Gasteiger partial charge in [-0.3, -0.25) is 4.98 Å². The Morgan fingerprint density at radius 2 is 1.89 bits per heavy atom. The highest BCUT2D eigenvalue weighted by atomic mass is 19.1. The maximum atomic E-state index is 13.1. The summed E-state index contributed by atoms with van der Waals surface area (Å²) >= 11 is 0. The lowest BCUT2D eigenvalue weighted by Crippen LogP contribution is -2.12. The summed E-state index contributed by atoms with van der Waals surface area (Å²) in [6, 6.07) is 7.63. The smallest absolute Gasteiger partial charge is 0.141 e. The first-order valence-electron chi connectivity index (χ1n) is 6.24. The van der Waals surface area contributed by atoms with Crippen molar-refractivity contribution in [1.82, 2.24) is 4.98 Å². The second-order valence-corrected chi connectivity index (χ2v) is 4.47. The lowest BCUT2D eigenvalue weighted by Gasteiger charge is -2.19. The van der Waals surface area contributed by atoms with Crippen molar-refractivity contribution in [2.75, 3.05) is 5.32 Å².